The fourth-order valence-corrected chi connectivity index (χ4v) is 1.97. The standard InChI is InChI=1S/C12H18N2O4S/c1-9(15)7-13-12(16)14-8-10-3-5-11(6-4-10)19(2,17)18/h3-6,9,15H,7-8H2,1-2H3,(H2,13,14,16)/t9-/m0/s1. The molecule has 0 heterocycles. The summed E-state index contributed by atoms with van der Waals surface area (Å²) in [7, 11) is -3.20. The summed E-state index contributed by atoms with van der Waals surface area (Å²) in [5.74, 6) is 0. The predicted molar refractivity (Wildman–Crippen MR) is 71.5 cm³/mol. The van der Waals surface area contributed by atoms with Gasteiger partial charge in [0.05, 0.1) is 11.0 Å². The van der Waals surface area contributed by atoms with E-state index in [1.165, 1.54) is 12.1 Å². The molecule has 0 saturated carbocycles. The minimum absolute atomic E-state index is 0.179. The molecule has 0 radical (unpaired) electrons. The molecule has 3 N–H and O–H groups in total. The number of rotatable bonds is 5. The Kier molecular flexibility index (Phi) is 5.31. The number of urea groups is 1. The maximum absolute atomic E-state index is 11.3. The topological polar surface area (TPSA) is 95.5 Å². The molecule has 1 aromatic rings. The third kappa shape index (κ3) is 5.71. The van der Waals surface area contributed by atoms with Gasteiger partial charge in [0.15, 0.2) is 9.84 Å². The molecule has 6 nitrogen and oxygen atoms in total. The van der Waals surface area contributed by atoms with Crippen molar-refractivity contribution < 1.29 is 18.3 Å². The Balaban J connectivity index is 2.48. The highest BCUT2D eigenvalue weighted by Crippen LogP contribution is 2.09. The van der Waals surface area contributed by atoms with Crippen molar-refractivity contribution in [3.63, 3.8) is 0 Å². The lowest BCUT2D eigenvalue weighted by Crippen LogP contribution is -2.38. The van der Waals surface area contributed by atoms with Gasteiger partial charge in [0.2, 0.25) is 0 Å². The summed E-state index contributed by atoms with van der Waals surface area (Å²) in [6, 6.07) is 5.91. The van der Waals surface area contributed by atoms with Gasteiger partial charge in [-0.3, -0.25) is 0 Å². The summed E-state index contributed by atoms with van der Waals surface area (Å²) in [5.41, 5.74) is 0.791. The van der Waals surface area contributed by atoms with Gasteiger partial charge in [0.25, 0.3) is 0 Å². The van der Waals surface area contributed by atoms with Crippen molar-refractivity contribution in [2.45, 2.75) is 24.5 Å². The second-order valence-electron chi connectivity index (χ2n) is 4.33. The van der Waals surface area contributed by atoms with Crippen LogP contribution in [0.1, 0.15) is 12.5 Å². The van der Waals surface area contributed by atoms with Crippen molar-refractivity contribution in [1.82, 2.24) is 10.6 Å². The monoisotopic (exact) mass is 286 g/mol. The second kappa shape index (κ2) is 6.53. The van der Waals surface area contributed by atoms with E-state index in [0.717, 1.165) is 11.8 Å². The van der Waals surface area contributed by atoms with Crippen LogP contribution in [0.3, 0.4) is 0 Å². The molecule has 0 unspecified atom stereocenters. The Hall–Kier alpha value is -1.60. The summed E-state index contributed by atoms with van der Waals surface area (Å²) in [6.07, 6.45) is 0.545. The van der Waals surface area contributed by atoms with E-state index in [4.69, 9.17) is 5.11 Å². The Morgan fingerprint density at radius 1 is 1.26 bits per heavy atom. The van der Waals surface area contributed by atoms with E-state index < -0.39 is 15.9 Å². The highest BCUT2D eigenvalue weighted by molar-refractivity contribution is 7.90. The van der Waals surface area contributed by atoms with E-state index in [0.29, 0.717) is 0 Å². The lowest BCUT2D eigenvalue weighted by Gasteiger charge is -2.09. The second-order valence-corrected chi connectivity index (χ2v) is 6.34. The lowest BCUT2D eigenvalue weighted by atomic mass is 10.2. The van der Waals surface area contributed by atoms with Gasteiger partial charge >= 0.3 is 6.03 Å². The fraction of sp³-hybridized carbons (Fsp3) is 0.417. The van der Waals surface area contributed by atoms with Crippen molar-refractivity contribution in [3.8, 4) is 0 Å². The Bertz CT molecular complexity index is 523. The largest absolute Gasteiger partial charge is 0.392 e. The van der Waals surface area contributed by atoms with Crippen LogP contribution in [0.5, 0.6) is 0 Å². The number of nitrogens with one attached hydrogen (secondary N) is 2. The van der Waals surface area contributed by atoms with Crippen molar-refractivity contribution in [1.29, 1.82) is 0 Å². The maximum Gasteiger partial charge on any atom is 0.315 e. The maximum atomic E-state index is 11.3. The first kappa shape index (κ1) is 15.5. The molecule has 1 atom stereocenters. The van der Waals surface area contributed by atoms with E-state index in [9.17, 15) is 13.2 Å². The molecule has 0 aliphatic heterocycles. The smallest absolute Gasteiger partial charge is 0.315 e. The minimum Gasteiger partial charge on any atom is -0.392 e. The Morgan fingerprint density at radius 2 is 1.84 bits per heavy atom. The first-order chi connectivity index (χ1) is 8.79. The van der Waals surface area contributed by atoms with E-state index in [1.54, 1.807) is 19.1 Å². The van der Waals surface area contributed by atoms with Gasteiger partial charge in [-0.25, -0.2) is 13.2 Å². The van der Waals surface area contributed by atoms with Gasteiger partial charge in [0, 0.05) is 19.3 Å². The van der Waals surface area contributed by atoms with Crippen LogP contribution < -0.4 is 10.6 Å². The van der Waals surface area contributed by atoms with Crippen LogP contribution in [-0.2, 0) is 16.4 Å². The number of aliphatic hydroxyl groups is 1. The van der Waals surface area contributed by atoms with Crippen molar-refractivity contribution >= 4 is 15.9 Å². The van der Waals surface area contributed by atoms with E-state index in [-0.39, 0.29) is 24.0 Å². The zero-order valence-electron chi connectivity index (χ0n) is 10.9. The van der Waals surface area contributed by atoms with Crippen LogP contribution in [0.15, 0.2) is 29.2 Å². The third-order valence-corrected chi connectivity index (χ3v) is 3.49. The Labute approximate surface area is 112 Å². The van der Waals surface area contributed by atoms with Crippen LogP contribution in [-0.4, -0.2) is 38.5 Å². The Morgan fingerprint density at radius 3 is 2.32 bits per heavy atom. The molecular formula is C12H18N2O4S. The number of amides is 2. The fourth-order valence-electron chi connectivity index (χ4n) is 1.34. The number of hydrogen-bond donors (Lipinski definition) is 3. The molecule has 0 aliphatic carbocycles. The van der Waals surface area contributed by atoms with Crippen molar-refractivity contribution in [2.24, 2.45) is 0 Å². The van der Waals surface area contributed by atoms with Crippen LogP contribution in [0.25, 0.3) is 0 Å². The normalized spacial score (nSPS) is 12.8. The van der Waals surface area contributed by atoms with Crippen LogP contribution in [0.4, 0.5) is 4.79 Å². The molecule has 106 valence electrons. The summed E-state index contributed by atoms with van der Waals surface area (Å²) in [5, 5.41) is 14.1. The number of aliphatic hydroxyl groups excluding tert-OH is 1. The summed E-state index contributed by atoms with van der Waals surface area (Å²) in [4.78, 5) is 11.6. The molecule has 1 rings (SSSR count). The molecule has 19 heavy (non-hydrogen) atoms. The number of hydrogen-bond acceptors (Lipinski definition) is 4. The number of carbonyl (C=O) groups is 1. The van der Waals surface area contributed by atoms with Crippen molar-refractivity contribution in [3.05, 3.63) is 29.8 Å². The van der Waals surface area contributed by atoms with Crippen LogP contribution in [0, 0.1) is 0 Å². The predicted octanol–water partition coefficient (Wildman–Crippen LogP) is 0.270. The van der Waals surface area contributed by atoms with Gasteiger partial charge in [-0.2, -0.15) is 0 Å². The summed E-state index contributed by atoms with van der Waals surface area (Å²) < 4.78 is 22.5. The zero-order chi connectivity index (χ0) is 14.5. The molecule has 1 aromatic carbocycles. The molecule has 0 bridgehead atoms. The van der Waals surface area contributed by atoms with Gasteiger partial charge in [0.1, 0.15) is 0 Å². The average Bonchev–Trinajstić information content (AvgIpc) is 2.33. The number of carbonyl (C=O) groups excluding carboxylic acids is 1. The van der Waals surface area contributed by atoms with Crippen LogP contribution >= 0.6 is 0 Å². The van der Waals surface area contributed by atoms with Crippen molar-refractivity contribution in [2.75, 3.05) is 12.8 Å². The first-order valence-electron chi connectivity index (χ1n) is 5.78. The molecule has 2 amide bonds. The molecule has 0 aliphatic rings. The SMILES string of the molecule is C[C@H](O)CNC(=O)NCc1ccc(S(C)(=O)=O)cc1. The molecule has 0 saturated heterocycles. The van der Waals surface area contributed by atoms with Gasteiger partial charge in [-0.1, -0.05) is 12.1 Å². The third-order valence-electron chi connectivity index (χ3n) is 2.36. The lowest BCUT2D eigenvalue weighted by molar-refractivity contribution is 0.187. The molecule has 7 heteroatoms. The average molecular weight is 286 g/mol. The van der Waals surface area contributed by atoms with Crippen LogP contribution in [0.2, 0.25) is 0 Å². The van der Waals surface area contributed by atoms with E-state index in [2.05, 4.69) is 10.6 Å². The minimum atomic E-state index is -3.20. The zero-order valence-corrected chi connectivity index (χ0v) is 11.7. The van der Waals surface area contributed by atoms with Gasteiger partial charge in [-0.15, -0.1) is 0 Å². The highest BCUT2D eigenvalue weighted by Gasteiger charge is 2.06. The molecule has 0 aromatic heterocycles. The van der Waals surface area contributed by atoms with E-state index >= 15 is 0 Å². The number of sulfone groups is 1. The first-order valence-corrected chi connectivity index (χ1v) is 7.67. The molecule has 0 fully saturated rings. The van der Waals surface area contributed by atoms with E-state index in [1.807, 2.05) is 0 Å². The highest BCUT2D eigenvalue weighted by atomic mass is 32.2. The number of benzene rings is 1. The molecular weight excluding hydrogens is 268 g/mol. The summed E-state index contributed by atoms with van der Waals surface area (Å²) >= 11 is 0. The van der Waals surface area contributed by atoms with Gasteiger partial charge in [-0.05, 0) is 24.6 Å². The quantitative estimate of drug-likeness (QED) is 0.724. The molecule has 0 spiro atoms. The van der Waals surface area contributed by atoms with Gasteiger partial charge < -0.3 is 15.7 Å². The summed E-state index contributed by atoms with van der Waals surface area (Å²) in [6.45, 7) is 2.04.